The average molecular weight is 348 g/mol. The summed E-state index contributed by atoms with van der Waals surface area (Å²) < 4.78 is 0. The molecule has 8 heteroatoms. The van der Waals surface area contributed by atoms with Crippen molar-refractivity contribution in [2.45, 2.75) is 18.6 Å². The fourth-order valence-corrected chi connectivity index (χ4v) is 2.99. The molecule has 0 bridgehead atoms. The Morgan fingerprint density at radius 1 is 1.29 bits per heavy atom. The summed E-state index contributed by atoms with van der Waals surface area (Å²) >= 11 is 5.95. The van der Waals surface area contributed by atoms with Crippen LogP contribution < -0.4 is 10.6 Å². The number of fused-ring (bicyclic) bond motifs is 1. The maximum atomic E-state index is 12.2. The van der Waals surface area contributed by atoms with E-state index in [4.69, 9.17) is 11.6 Å². The van der Waals surface area contributed by atoms with Gasteiger partial charge in [-0.15, -0.1) is 0 Å². The highest BCUT2D eigenvalue weighted by Crippen LogP contribution is 2.31. The third-order valence-corrected chi connectivity index (χ3v) is 4.21. The molecule has 2 atom stereocenters. The summed E-state index contributed by atoms with van der Waals surface area (Å²) in [5.74, 6) is 0. The van der Waals surface area contributed by atoms with Crippen molar-refractivity contribution >= 4 is 29.0 Å². The van der Waals surface area contributed by atoms with Gasteiger partial charge in [-0.05, 0) is 17.2 Å². The Hall–Kier alpha value is -2.64. The minimum atomic E-state index is -0.708. The monoisotopic (exact) mass is 347 g/mol. The summed E-state index contributed by atoms with van der Waals surface area (Å²) in [4.78, 5) is 22.3. The van der Waals surface area contributed by atoms with Crippen LogP contribution in [-0.4, -0.2) is 22.2 Å². The summed E-state index contributed by atoms with van der Waals surface area (Å²) in [7, 11) is 0. The van der Waals surface area contributed by atoms with Gasteiger partial charge in [0.2, 0.25) is 0 Å². The van der Waals surface area contributed by atoms with Crippen LogP contribution in [0.1, 0.15) is 17.2 Å². The lowest BCUT2D eigenvalue weighted by atomic mass is 10.1. The van der Waals surface area contributed by atoms with Crippen LogP contribution in [0.3, 0.4) is 0 Å². The Balaban J connectivity index is 1.71. The van der Waals surface area contributed by atoms with Crippen molar-refractivity contribution in [3.8, 4) is 0 Å². The number of non-ortho nitro benzene ring substituents is 1. The second-order valence-corrected chi connectivity index (χ2v) is 5.87. The molecule has 3 rings (SSSR count). The Labute approximate surface area is 142 Å². The molecular weight excluding hydrogens is 334 g/mol. The van der Waals surface area contributed by atoms with Gasteiger partial charge in [0.1, 0.15) is 0 Å². The molecule has 7 nitrogen and oxygen atoms in total. The van der Waals surface area contributed by atoms with Gasteiger partial charge in [0.15, 0.2) is 0 Å². The molecule has 0 fully saturated rings. The van der Waals surface area contributed by atoms with Crippen LogP contribution in [0, 0.1) is 10.1 Å². The van der Waals surface area contributed by atoms with Crippen molar-refractivity contribution in [1.82, 2.24) is 5.32 Å². The van der Waals surface area contributed by atoms with Gasteiger partial charge in [0.25, 0.3) is 5.69 Å². The van der Waals surface area contributed by atoms with E-state index in [1.807, 2.05) is 24.3 Å². The van der Waals surface area contributed by atoms with E-state index in [1.54, 1.807) is 0 Å². The number of rotatable bonds is 3. The van der Waals surface area contributed by atoms with Crippen LogP contribution in [0.4, 0.5) is 16.2 Å². The molecule has 0 heterocycles. The first-order chi connectivity index (χ1) is 11.5. The van der Waals surface area contributed by atoms with Crippen LogP contribution in [0.5, 0.6) is 0 Å². The molecule has 0 aliphatic heterocycles. The number of hydrogen-bond acceptors (Lipinski definition) is 4. The second-order valence-electron chi connectivity index (χ2n) is 5.47. The number of anilines is 1. The number of urea groups is 1. The van der Waals surface area contributed by atoms with Gasteiger partial charge in [0.05, 0.1) is 27.8 Å². The maximum Gasteiger partial charge on any atom is 0.319 e. The van der Waals surface area contributed by atoms with E-state index in [-0.39, 0.29) is 16.4 Å². The second kappa shape index (κ2) is 6.46. The number of amides is 2. The average Bonchev–Trinajstić information content (AvgIpc) is 2.85. The van der Waals surface area contributed by atoms with E-state index in [0.29, 0.717) is 6.42 Å². The molecule has 3 N–H and O–H groups in total. The summed E-state index contributed by atoms with van der Waals surface area (Å²) in [5, 5.41) is 26.1. The molecular formula is C16H14ClN3O4. The normalized spacial score (nSPS) is 18.8. The van der Waals surface area contributed by atoms with Crippen LogP contribution >= 0.6 is 11.6 Å². The lowest BCUT2D eigenvalue weighted by molar-refractivity contribution is -0.384. The first-order valence-electron chi connectivity index (χ1n) is 7.23. The zero-order chi connectivity index (χ0) is 17.3. The molecule has 2 aromatic rings. The lowest BCUT2D eigenvalue weighted by Crippen LogP contribution is -2.36. The van der Waals surface area contributed by atoms with Crippen molar-refractivity contribution in [2.75, 3.05) is 5.32 Å². The molecule has 0 radical (unpaired) electrons. The van der Waals surface area contributed by atoms with E-state index >= 15 is 0 Å². The smallest absolute Gasteiger partial charge is 0.319 e. The fourth-order valence-electron chi connectivity index (χ4n) is 2.77. The molecule has 1 aliphatic carbocycles. The van der Waals surface area contributed by atoms with Crippen molar-refractivity contribution in [1.29, 1.82) is 0 Å². The minimum absolute atomic E-state index is 0.0618. The molecule has 0 aromatic heterocycles. The molecule has 0 saturated carbocycles. The first kappa shape index (κ1) is 16.2. The molecule has 2 amide bonds. The van der Waals surface area contributed by atoms with Crippen molar-refractivity contribution in [3.05, 3.63) is 68.7 Å². The molecule has 1 aliphatic rings. The van der Waals surface area contributed by atoms with Crippen LogP contribution in [0.25, 0.3) is 0 Å². The molecule has 24 heavy (non-hydrogen) atoms. The number of hydrogen-bond donors (Lipinski definition) is 3. The SMILES string of the molecule is O=C(Nc1ccc([N+](=O)[O-])cc1Cl)N[C@@H]1c2ccccc2C[C@@H]1O. The van der Waals surface area contributed by atoms with Gasteiger partial charge in [-0.25, -0.2) is 4.79 Å². The highest BCUT2D eigenvalue weighted by molar-refractivity contribution is 6.33. The number of nitro benzene ring substituents is 1. The number of carbonyl (C=O) groups excluding carboxylic acids is 1. The summed E-state index contributed by atoms with van der Waals surface area (Å²) in [5.41, 5.74) is 1.95. The Morgan fingerprint density at radius 3 is 2.75 bits per heavy atom. The highest BCUT2D eigenvalue weighted by atomic mass is 35.5. The largest absolute Gasteiger partial charge is 0.390 e. The number of nitrogens with zero attached hydrogens (tertiary/aromatic N) is 1. The third kappa shape index (κ3) is 3.17. The predicted molar refractivity (Wildman–Crippen MR) is 89.2 cm³/mol. The van der Waals surface area contributed by atoms with Crippen LogP contribution in [0.15, 0.2) is 42.5 Å². The van der Waals surface area contributed by atoms with E-state index in [2.05, 4.69) is 10.6 Å². The first-order valence-corrected chi connectivity index (χ1v) is 7.61. The molecule has 124 valence electrons. The van der Waals surface area contributed by atoms with Crippen molar-refractivity contribution < 1.29 is 14.8 Å². The Kier molecular flexibility index (Phi) is 4.37. The quantitative estimate of drug-likeness (QED) is 0.586. The van der Waals surface area contributed by atoms with Gasteiger partial charge >= 0.3 is 6.03 Å². The fraction of sp³-hybridized carbons (Fsp3) is 0.188. The minimum Gasteiger partial charge on any atom is -0.390 e. The summed E-state index contributed by atoms with van der Waals surface area (Å²) in [6.07, 6.45) is -0.236. The van der Waals surface area contributed by atoms with Gasteiger partial charge in [-0.3, -0.25) is 10.1 Å². The van der Waals surface area contributed by atoms with Gasteiger partial charge in [-0.1, -0.05) is 35.9 Å². The van der Waals surface area contributed by atoms with E-state index in [0.717, 1.165) is 17.2 Å². The molecule has 0 unspecified atom stereocenters. The topological polar surface area (TPSA) is 104 Å². The van der Waals surface area contributed by atoms with Gasteiger partial charge in [0, 0.05) is 18.6 Å². The van der Waals surface area contributed by atoms with Gasteiger partial charge in [-0.2, -0.15) is 0 Å². The number of benzene rings is 2. The van der Waals surface area contributed by atoms with Crippen LogP contribution in [-0.2, 0) is 6.42 Å². The van der Waals surface area contributed by atoms with E-state index < -0.39 is 23.1 Å². The predicted octanol–water partition coefficient (Wildman–Crippen LogP) is 3.03. The zero-order valence-corrected chi connectivity index (χ0v) is 13.2. The van der Waals surface area contributed by atoms with Crippen molar-refractivity contribution in [2.24, 2.45) is 0 Å². The lowest BCUT2D eigenvalue weighted by Gasteiger charge is -2.18. The number of carbonyl (C=O) groups is 1. The Morgan fingerprint density at radius 2 is 2.04 bits per heavy atom. The zero-order valence-electron chi connectivity index (χ0n) is 12.4. The van der Waals surface area contributed by atoms with Gasteiger partial charge < -0.3 is 15.7 Å². The molecule has 2 aromatic carbocycles. The highest BCUT2D eigenvalue weighted by Gasteiger charge is 2.31. The standard InChI is InChI=1S/C16H14ClN3O4/c17-12-8-10(20(23)24)5-6-13(12)18-16(22)19-15-11-4-2-1-3-9(11)7-14(15)21/h1-6,8,14-15,21H,7H2,(H2,18,19,22)/t14-,15+/m0/s1. The number of aliphatic hydroxyl groups is 1. The van der Waals surface area contributed by atoms with E-state index in [1.165, 1.54) is 12.1 Å². The number of nitrogens with one attached hydrogen (secondary N) is 2. The molecule has 0 saturated heterocycles. The summed E-state index contributed by atoms with van der Waals surface area (Å²) in [6.45, 7) is 0. The van der Waals surface area contributed by atoms with Crippen molar-refractivity contribution in [3.63, 3.8) is 0 Å². The number of nitro groups is 1. The third-order valence-electron chi connectivity index (χ3n) is 3.90. The number of aliphatic hydroxyl groups excluding tert-OH is 1. The maximum absolute atomic E-state index is 12.2. The van der Waals surface area contributed by atoms with E-state index in [9.17, 15) is 20.0 Å². The Bertz CT molecular complexity index is 812. The summed E-state index contributed by atoms with van der Waals surface area (Å²) in [6, 6.07) is 10.2. The number of halogens is 1. The molecule has 0 spiro atoms. The van der Waals surface area contributed by atoms with Crippen LogP contribution in [0.2, 0.25) is 5.02 Å².